The molecule has 0 bridgehead atoms. The average molecular weight is 111 g/mol. The molecule has 1 aliphatic carbocycles. The van der Waals surface area contributed by atoms with Crippen molar-refractivity contribution in [3.63, 3.8) is 0 Å². The van der Waals surface area contributed by atoms with Crippen LogP contribution in [0.25, 0.3) is 0 Å². The van der Waals surface area contributed by atoms with E-state index in [-0.39, 0.29) is 5.83 Å². The van der Waals surface area contributed by atoms with E-state index >= 15 is 0 Å². The van der Waals surface area contributed by atoms with Gasteiger partial charge in [0.2, 0.25) is 0 Å². The zero-order valence-electron chi connectivity index (χ0n) is 4.82. The first-order valence-corrected chi connectivity index (χ1v) is 2.67. The minimum absolute atomic E-state index is 0.0764. The molecule has 0 fully saturated rings. The van der Waals surface area contributed by atoms with Crippen LogP contribution in [0.4, 0.5) is 4.39 Å². The van der Waals surface area contributed by atoms with E-state index in [4.69, 9.17) is 0 Å². The molecule has 1 aliphatic rings. The Morgan fingerprint density at radius 1 is 1.62 bits per heavy atom. The summed E-state index contributed by atoms with van der Waals surface area (Å²) < 4.78 is 12.3. The predicted octanol–water partition coefficient (Wildman–Crippen LogP) is 2.39. The van der Waals surface area contributed by atoms with Gasteiger partial charge in [-0.3, -0.25) is 0 Å². The molecule has 1 heteroatoms. The highest BCUT2D eigenvalue weighted by molar-refractivity contribution is 5.29. The Balaban J connectivity index is 2.76. The molecule has 0 aromatic heterocycles. The summed E-state index contributed by atoms with van der Waals surface area (Å²) in [5, 5.41) is 0. The normalized spacial score (nSPS) is 19.8. The topological polar surface area (TPSA) is 0 Å². The Hall–Kier alpha value is -0.590. The van der Waals surface area contributed by atoms with Gasteiger partial charge < -0.3 is 0 Å². The Morgan fingerprint density at radius 2 is 2.38 bits per heavy atom. The first-order valence-electron chi connectivity index (χ1n) is 2.67. The van der Waals surface area contributed by atoms with Gasteiger partial charge in [0, 0.05) is 6.42 Å². The van der Waals surface area contributed by atoms with Gasteiger partial charge in [0.05, 0.1) is 0 Å². The molecule has 0 spiro atoms. The molecule has 0 aromatic rings. The maximum Gasteiger partial charge on any atom is 0.107 e. The smallest absolute Gasteiger partial charge is 0.107 e. The molecule has 0 aromatic carbocycles. The van der Waals surface area contributed by atoms with Crippen molar-refractivity contribution in [2.24, 2.45) is 0 Å². The van der Waals surface area contributed by atoms with Gasteiger partial charge in [-0.25, -0.2) is 4.39 Å². The Morgan fingerprint density at radius 3 is 2.75 bits per heavy atom. The highest BCUT2D eigenvalue weighted by atomic mass is 19.1. The van der Waals surface area contributed by atoms with E-state index in [9.17, 15) is 4.39 Å². The van der Waals surface area contributed by atoms with E-state index in [1.165, 1.54) is 0 Å². The van der Waals surface area contributed by atoms with Crippen LogP contribution in [0.1, 0.15) is 13.3 Å². The molecule has 0 atom stereocenters. The first kappa shape index (κ1) is 5.54. The average Bonchev–Trinajstić information content (AvgIpc) is 1.77. The summed E-state index contributed by atoms with van der Waals surface area (Å²) in [6.45, 7) is 1.77. The molecule has 0 saturated heterocycles. The summed E-state index contributed by atoms with van der Waals surface area (Å²) >= 11 is 0. The number of halogens is 1. The third-order valence-electron chi connectivity index (χ3n) is 1.18. The number of allylic oxidation sites excluding steroid dienone is 4. The van der Waals surface area contributed by atoms with Crippen molar-refractivity contribution < 1.29 is 4.39 Å². The third kappa shape index (κ3) is 0.971. The lowest BCUT2D eigenvalue weighted by Crippen LogP contribution is -1.85. The Kier molecular flexibility index (Phi) is 1.47. The van der Waals surface area contributed by atoms with Gasteiger partial charge in [0.1, 0.15) is 5.83 Å². The second-order valence-electron chi connectivity index (χ2n) is 1.87. The van der Waals surface area contributed by atoms with Crippen molar-refractivity contribution >= 4 is 0 Å². The quantitative estimate of drug-likeness (QED) is 0.450. The highest BCUT2D eigenvalue weighted by Gasteiger charge is 2.01. The molecule has 1 rings (SSSR count). The Labute approximate surface area is 48.7 Å². The van der Waals surface area contributed by atoms with Crippen LogP contribution in [-0.2, 0) is 0 Å². The largest absolute Gasteiger partial charge is 0.211 e. The van der Waals surface area contributed by atoms with E-state index in [0.717, 1.165) is 12.0 Å². The Bertz CT molecular complexity index is 142. The molecule has 43 valence electrons. The van der Waals surface area contributed by atoms with Crippen molar-refractivity contribution in [1.82, 2.24) is 0 Å². The molecular formula is C7H8F. The van der Waals surface area contributed by atoms with Crippen LogP contribution in [-0.4, -0.2) is 0 Å². The fourth-order valence-corrected chi connectivity index (χ4v) is 0.657. The third-order valence-corrected chi connectivity index (χ3v) is 1.18. The van der Waals surface area contributed by atoms with Crippen LogP contribution in [0, 0.1) is 6.42 Å². The zero-order valence-corrected chi connectivity index (χ0v) is 4.82. The lowest BCUT2D eigenvalue weighted by atomic mass is 10.1. The second kappa shape index (κ2) is 2.12. The van der Waals surface area contributed by atoms with Crippen molar-refractivity contribution in [3.8, 4) is 0 Å². The summed E-state index contributed by atoms with van der Waals surface area (Å²) in [7, 11) is 0. The molecule has 0 unspecified atom stereocenters. The van der Waals surface area contributed by atoms with Gasteiger partial charge in [-0.2, -0.15) is 0 Å². The van der Waals surface area contributed by atoms with E-state index in [1.807, 2.05) is 6.08 Å². The molecule has 8 heavy (non-hydrogen) atoms. The van der Waals surface area contributed by atoms with Gasteiger partial charge >= 0.3 is 0 Å². The number of hydrogen-bond donors (Lipinski definition) is 0. The minimum Gasteiger partial charge on any atom is -0.211 e. The van der Waals surface area contributed by atoms with Gasteiger partial charge in [-0.1, -0.05) is 12.2 Å². The lowest BCUT2D eigenvalue weighted by molar-refractivity contribution is 0.631. The van der Waals surface area contributed by atoms with E-state index in [0.29, 0.717) is 0 Å². The van der Waals surface area contributed by atoms with Crippen LogP contribution in [0.2, 0.25) is 0 Å². The summed E-state index contributed by atoms with van der Waals surface area (Å²) in [6.07, 6.45) is 6.06. The zero-order chi connectivity index (χ0) is 5.98. The molecule has 0 aliphatic heterocycles. The molecule has 0 saturated carbocycles. The summed E-state index contributed by atoms with van der Waals surface area (Å²) in [4.78, 5) is 0. The van der Waals surface area contributed by atoms with Crippen LogP contribution in [0.3, 0.4) is 0 Å². The summed E-state index contributed by atoms with van der Waals surface area (Å²) in [6, 6.07) is 0. The van der Waals surface area contributed by atoms with Gasteiger partial charge in [0.25, 0.3) is 0 Å². The van der Waals surface area contributed by atoms with Gasteiger partial charge in [-0.15, -0.1) is 0 Å². The monoisotopic (exact) mass is 111 g/mol. The predicted molar refractivity (Wildman–Crippen MR) is 31.9 cm³/mol. The maximum absolute atomic E-state index is 12.3. The molecular weight excluding hydrogens is 103 g/mol. The minimum atomic E-state index is -0.0764. The highest BCUT2D eigenvalue weighted by Crippen LogP contribution is 2.17. The summed E-state index contributed by atoms with van der Waals surface area (Å²) in [5.41, 5.74) is 0.733. The van der Waals surface area contributed by atoms with Crippen LogP contribution in [0.5, 0.6) is 0 Å². The summed E-state index contributed by atoms with van der Waals surface area (Å²) in [5.74, 6) is -0.0764. The van der Waals surface area contributed by atoms with Crippen molar-refractivity contribution in [3.05, 3.63) is 30.0 Å². The van der Waals surface area contributed by atoms with E-state index in [2.05, 4.69) is 0 Å². The second-order valence-corrected chi connectivity index (χ2v) is 1.87. The number of hydrogen-bond acceptors (Lipinski definition) is 0. The maximum atomic E-state index is 12.3. The standard InChI is InChI=1S/C7H8F/c1-6-4-2-3-5-7(6)8/h2,4-5H,3H2,1H3. The van der Waals surface area contributed by atoms with Gasteiger partial charge in [0.15, 0.2) is 0 Å². The molecule has 1 radical (unpaired) electrons. The number of rotatable bonds is 0. The van der Waals surface area contributed by atoms with Crippen molar-refractivity contribution in [1.29, 1.82) is 0 Å². The van der Waals surface area contributed by atoms with E-state index in [1.54, 1.807) is 19.4 Å². The molecule has 0 N–H and O–H groups in total. The lowest BCUT2D eigenvalue weighted by Gasteiger charge is -2.01. The van der Waals surface area contributed by atoms with Crippen LogP contribution in [0.15, 0.2) is 23.6 Å². The molecule has 0 nitrogen and oxygen atoms in total. The van der Waals surface area contributed by atoms with Crippen LogP contribution < -0.4 is 0 Å². The molecule has 0 amide bonds. The first-order chi connectivity index (χ1) is 3.80. The van der Waals surface area contributed by atoms with Crippen molar-refractivity contribution in [2.75, 3.05) is 0 Å². The molecule has 0 heterocycles. The van der Waals surface area contributed by atoms with Crippen LogP contribution >= 0.6 is 0 Å². The SMILES string of the molecule is CC1=C(F)[CH]CC=C1. The van der Waals surface area contributed by atoms with Crippen molar-refractivity contribution in [2.45, 2.75) is 13.3 Å². The van der Waals surface area contributed by atoms with E-state index < -0.39 is 0 Å². The fraction of sp³-hybridized carbons (Fsp3) is 0.286. The fourth-order valence-electron chi connectivity index (χ4n) is 0.657. The van der Waals surface area contributed by atoms with Gasteiger partial charge in [-0.05, 0) is 18.9 Å².